The van der Waals surface area contributed by atoms with E-state index in [1.165, 1.54) is 0 Å². The van der Waals surface area contributed by atoms with Gasteiger partial charge in [-0.1, -0.05) is 0 Å². The molecule has 0 heterocycles. The molecule has 0 saturated carbocycles. The minimum absolute atomic E-state index is 0. The monoisotopic (exact) mass is 368 g/mol. The summed E-state index contributed by atoms with van der Waals surface area (Å²) in [6.07, 6.45) is 0. The quantitative estimate of drug-likeness (QED) is 0.272. The Balaban J connectivity index is -0.000000529. The van der Waals surface area contributed by atoms with Gasteiger partial charge in [0.25, 0.3) is 0 Å². The van der Waals surface area contributed by atoms with Gasteiger partial charge in [-0.05, 0) is 0 Å². The van der Waals surface area contributed by atoms with E-state index < -0.39 is 23.5 Å². The van der Waals surface area contributed by atoms with Gasteiger partial charge < -0.3 is 24.5 Å². The number of phosphoric acid groups is 3. The molecule has 94 valence electrons. The first-order valence-corrected chi connectivity index (χ1v) is 8.33. The van der Waals surface area contributed by atoms with Crippen LogP contribution in [0.5, 0.6) is 0 Å². The van der Waals surface area contributed by atoms with Gasteiger partial charge in [-0.15, -0.1) is 0 Å². The van der Waals surface area contributed by atoms with Crippen LogP contribution in [0.25, 0.3) is 0 Å². The van der Waals surface area contributed by atoms with Crippen molar-refractivity contribution in [2.45, 2.75) is 0 Å². The van der Waals surface area contributed by atoms with Crippen LogP contribution in [0.15, 0.2) is 0 Å². The van der Waals surface area contributed by atoms with E-state index >= 15 is 0 Å². The molecule has 16 heteroatoms. The van der Waals surface area contributed by atoms with Gasteiger partial charge in [0.1, 0.15) is 0 Å². The van der Waals surface area contributed by atoms with Crippen LogP contribution < -0.4 is 0 Å². The van der Waals surface area contributed by atoms with E-state index in [2.05, 4.69) is 8.62 Å². The van der Waals surface area contributed by atoms with E-state index in [1.807, 2.05) is 0 Å². The Morgan fingerprint density at radius 2 is 0.938 bits per heavy atom. The minimum atomic E-state index is -5.46. The fourth-order valence-electron chi connectivity index (χ4n) is 0.284. The predicted octanol–water partition coefficient (Wildman–Crippen LogP) is -2.00. The van der Waals surface area contributed by atoms with Crippen LogP contribution in [0.2, 0.25) is 0 Å². The summed E-state index contributed by atoms with van der Waals surface area (Å²) in [5.74, 6) is 0. The normalized spacial score (nSPS) is 12.2. The van der Waals surface area contributed by atoms with Crippen molar-refractivity contribution < 1.29 is 68.6 Å². The van der Waals surface area contributed by atoms with Crippen LogP contribution >= 0.6 is 23.5 Å². The molecule has 0 aromatic carbocycles. The number of rotatable bonds is 4. The molecule has 5 N–H and O–H groups in total. The molecular weight excluding hydrogens is 361 g/mol. The SMILES string of the molecule is O=P(O)(O)OP(=O)(O)OP(=O)(O)O.[AlH3].[O]=[Zn]. The standard InChI is InChI=1S/Al.H5O10P3.O.Zn.3H/c;1-11(2,3)9-13(7,8)10-12(4,5)6;;;;;/h;(H,7,8)(H2,1,2,3)(H2,4,5,6);;;;;. The zero-order chi connectivity index (χ0) is 12.9. The predicted molar refractivity (Wildman–Crippen MR) is 46.7 cm³/mol. The van der Waals surface area contributed by atoms with E-state index in [9.17, 15) is 13.7 Å². The molecule has 11 nitrogen and oxygen atoms in total. The fraction of sp³-hybridized carbons (Fsp3) is 0. The van der Waals surface area contributed by atoms with E-state index in [0.29, 0.717) is 0 Å². The Morgan fingerprint density at radius 3 is 1.06 bits per heavy atom. The summed E-state index contributed by atoms with van der Waals surface area (Å²) in [6.45, 7) is 0. The Morgan fingerprint density at radius 1 is 0.750 bits per heavy atom. The summed E-state index contributed by atoms with van der Waals surface area (Å²) in [4.78, 5) is 40.2. The molecule has 0 aliphatic heterocycles. The summed E-state index contributed by atoms with van der Waals surface area (Å²) in [6, 6.07) is 0. The van der Waals surface area contributed by atoms with Gasteiger partial charge in [0.15, 0.2) is 17.4 Å². The second-order valence-corrected chi connectivity index (χ2v) is 5.82. The van der Waals surface area contributed by atoms with Crippen molar-refractivity contribution in [3.8, 4) is 0 Å². The molecule has 0 aliphatic rings. The number of hydrogen-bond acceptors (Lipinski definition) is 6. The van der Waals surface area contributed by atoms with Crippen molar-refractivity contribution >= 4 is 40.8 Å². The Labute approximate surface area is 109 Å². The summed E-state index contributed by atoms with van der Waals surface area (Å²) in [5, 5.41) is 0. The molecule has 0 unspecified atom stereocenters. The van der Waals surface area contributed by atoms with Crippen LogP contribution in [-0.4, -0.2) is 41.8 Å². The van der Waals surface area contributed by atoms with Gasteiger partial charge in [0.05, 0.1) is 0 Å². The average molecular weight is 369 g/mol. The van der Waals surface area contributed by atoms with Crippen molar-refractivity contribution in [1.82, 2.24) is 0 Å². The van der Waals surface area contributed by atoms with Gasteiger partial charge in [-0.2, -0.15) is 8.62 Å². The Hall–Kier alpha value is 1.37. The Bertz CT molecular complexity index is 296. The molecule has 0 aromatic rings. The third-order valence-electron chi connectivity index (χ3n) is 0.419. The molecule has 0 radical (unpaired) electrons. The molecule has 0 aromatic heterocycles. The molecule has 0 atom stereocenters. The second kappa shape index (κ2) is 8.46. The second-order valence-electron chi connectivity index (χ2n) is 1.61. The van der Waals surface area contributed by atoms with Gasteiger partial charge in [0.2, 0.25) is 0 Å². The Kier molecular flexibility index (Phi) is 11.9. The molecule has 0 aliphatic carbocycles. The average Bonchev–Trinajstić information content (AvgIpc) is 1.79. The van der Waals surface area contributed by atoms with Gasteiger partial charge >= 0.3 is 45.3 Å². The summed E-state index contributed by atoms with van der Waals surface area (Å²) in [5.41, 5.74) is 0. The maximum atomic E-state index is 10.4. The van der Waals surface area contributed by atoms with Gasteiger partial charge in [-0.25, -0.2) is 13.7 Å². The zero-order valence-corrected chi connectivity index (χ0v) is 12.4. The summed E-state index contributed by atoms with van der Waals surface area (Å²) < 4.78 is 44.8. The summed E-state index contributed by atoms with van der Waals surface area (Å²) in [7, 11) is -16.2. The van der Waals surface area contributed by atoms with Crippen LogP contribution in [-0.2, 0) is 44.1 Å². The van der Waals surface area contributed by atoms with Gasteiger partial charge in [-0.3, -0.25) is 0 Å². The third-order valence-corrected chi connectivity index (χ3v) is 3.77. The molecular formula is H8AlO11P3Zn. The fourth-order valence-corrected chi connectivity index (χ4v) is 2.82. The molecule has 0 amide bonds. The maximum absolute atomic E-state index is 10.4. The van der Waals surface area contributed by atoms with Crippen LogP contribution in [0.1, 0.15) is 0 Å². The third kappa shape index (κ3) is 17.8. The van der Waals surface area contributed by atoms with Crippen molar-refractivity contribution in [3.63, 3.8) is 0 Å². The van der Waals surface area contributed by atoms with Crippen LogP contribution in [0.3, 0.4) is 0 Å². The van der Waals surface area contributed by atoms with Crippen molar-refractivity contribution in [2.75, 3.05) is 0 Å². The van der Waals surface area contributed by atoms with Crippen molar-refractivity contribution in [2.24, 2.45) is 0 Å². The van der Waals surface area contributed by atoms with Crippen LogP contribution in [0.4, 0.5) is 0 Å². The topological polar surface area (TPSA) is 188 Å². The van der Waals surface area contributed by atoms with E-state index in [1.54, 1.807) is 0 Å². The van der Waals surface area contributed by atoms with Gasteiger partial charge in [0, 0.05) is 0 Å². The van der Waals surface area contributed by atoms with E-state index in [0.717, 1.165) is 0 Å². The molecule has 16 heavy (non-hydrogen) atoms. The van der Waals surface area contributed by atoms with E-state index in [-0.39, 0.29) is 35.6 Å². The van der Waals surface area contributed by atoms with Crippen LogP contribution in [0, 0.1) is 0 Å². The molecule has 0 saturated heterocycles. The number of hydrogen-bond donors (Lipinski definition) is 5. The zero-order valence-electron chi connectivity index (χ0n) is 6.73. The molecule has 0 spiro atoms. The summed E-state index contributed by atoms with van der Waals surface area (Å²) >= 11 is 0.125. The first-order chi connectivity index (χ1) is 6.41. The molecule has 0 rings (SSSR count). The van der Waals surface area contributed by atoms with Crippen molar-refractivity contribution in [1.29, 1.82) is 0 Å². The molecule has 0 bridgehead atoms. The van der Waals surface area contributed by atoms with E-state index in [4.69, 9.17) is 28.0 Å². The van der Waals surface area contributed by atoms with Crippen molar-refractivity contribution in [3.05, 3.63) is 0 Å². The first kappa shape index (κ1) is 22.5. The molecule has 0 fully saturated rings. The first-order valence-electron chi connectivity index (χ1n) is 2.57.